The number of hydrogen-bond acceptors (Lipinski definition) is 4. The second-order valence-electron chi connectivity index (χ2n) is 6.46. The van der Waals surface area contributed by atoms with Gasteiger partial charge in [0, 0.05) is 45.4 Å². The number of rotatable bonds is 7. The van der Waals surface area contributed by atoms with E-state index in [0.717, 1.165) is 38.8 Å². The summed E-state index contributed by atoms with van der Waals surface area (Å²) in [7, 11) is 0. The third kappa shape index (κ3) is 5.32. The normalized spacial score (nSPS) is 27.0. The smallest absolute Gasteiger partial charge is 0.0558 e. The number of piperazine rings is 1. The second kappa shape index (κ2) is 8.98. The van der Waals surface area contributed by atoms with Crippen molar-refractivity contribution in [2.75, 3.05) is 52.5 Å². The van der Waals surface area contributed by atoms with Gasteiger partial charge in [0.05, 0.1) is 6.61 Å². The summed E-state index contributed by atoms with van der Waals surface area (Å²) < 4.78 is 5.41. The zero-order valence-electron chi connectivity index (χ0n) is 13.1. The van der Waals surface area contributed by atoms with Crippen molar-refractivity contribution in [2.45, 2.75) is 45.1 Å². The minimum absolute atomic E-state index is 0.287. The van der Waals surface area contributed by atoms with Gasteiger partial charge in [0.1, 0.15) is 0 Å². The molecule has 0 aliphatic carbocycles. The first-order chi connectivity index (χ1) is 9.79. The van der Waals surface area contributed by atoms with Gasteiger partial charge < -0.3 is 14.7 Å². The Bertz CT molecular complexity index is 257. The van der Waals surface area contributed by atoms with Crippen LogP contribution in [-0.2, 0) is 4.74 Å². The van der Waals surface area contributed by atoms with E-state index in [9.17, 15) is 0 Å². The van der Waals surface area contributed by atoms with Crippen molar-refractivity contribution in [1.82, 2.24) is 9.80 Å². The number of unbranched alkanes of at least 4 members (excludes halogenated alkanes) is 1. The molecule has 2 aliphatic heterocycles. The highest BCUT2D eigenvalue weighted by Gasteiger charge is 2.22. The van der Waals surface area contributed by atoms with Crippen LogP contribution >= 0.6 is 0 Å². The molecule has 118 valence electrons. The zero-order valence-corrected chi connectivity index (χ0v) is 13.1. The molecule has 0 amide bonds. The lowest BCUT2D eigenvalue weighted by atomic mass is 9.94. The van der Waals surface area contributed by atoms with E-state index in [-0.39, 0.29) is 6.61 Å². The maximum Gasteiger partial charge on any atom is 0.0558 e. The molecule has 0 aromatic rings. The minimum atomic E-state index is 0.287. The molecule has 2 aliphatic rings. The summed E-state index contributed by atoms with van der Waals surface area (Å²) >= 11 is 0. The van der Waals surface area contributed by atoms with Crippen LogP contribution in [0.4, 0.5) is 0 Å². The summed E-state index contributed by atoms with van der Waals surface area (Å²) in [6, 6.07) is 0.589. The molecule has 0 bridgehead atoms. The zero-order chi connectivity index (χ0) is 14.2. The monoisotopic (exact) mass is 284 g/mol. The third-order valence-corrected chi connectivity index (χ3v) is 4.91. The van der Waals surface area contributed by atoms with E-state index in [2.05, 4.69) is 16.7 Å². The topological polar surface area (TPSA) is 35.9 Å². The second-order valence-corrected chi connectivity index (χ2v) is 6.46. The van der Waals surface area contributed by atoms with Crippen molar-refractivity contribution in [2.24, 2.45) is 5.92 Å². The summed E-state index contributed by atoms with van der Waals surface area (Å²) in [4.78, 5) is 5.00. The lowest BCUT2D eigenvalue weighted by Gasteiger charge is -2.39. The highest BCUT2D eigenvalue weighted by molar-refractivity contribution is 4.78. The van der Waals surface area contributed by atoms with Gasteiger partial charge in [-0.25, -0.2) is 0 Å². The Morgan fingerprint density at radius 3 is 2.60 bits per heavy atom. The molecule has 1 N–H and O–H groups in total. The highest BCUT2D eigenvalue weighted by Crippen LogP contribution is 2.21. The van der Waals surface area contributed by atoms with Crippen LogP contribution in [0.5, 0.6) is 0 Å². The number of hydrogen-bond donors (Lipinski definition) is 1. The lowest BCUT2D eigenvalue weighted by molar-refractivity contribution is 0.0594. The van der Waals surface area contributed by atoms with Crippen molar-refractivity contribution in [3.05, 3.63) is 0 Å². The molecule has 2 heterocycles. The molecule has 0 aromatic carbocycles. The van der Waals surface area contributed by atoms with E-state index < -0.39 is 0 Å². The average molecular weight is 284 g/mol. The number of aliphatic hydroxyl groups excluding tert-OH is 1. The molecule has 2 rings (SSSR count). The molecule has 0 spiro atoms. The van der Waals surface area contributed by atoms with Crippen LogP contribution in [0.15, 0.2) is 0 Å². The van der Waals surface area contributed by atoms with Crippen molar-refractivity contribution < 1.29 is 9.84 Å². The summed E-state index contributed by atoms with van der Waals surface area (Å²) in [6.45, 7) is 10.1. The van der Waals surface area contributed by atoms with Gasteiger partial charge in [0.25, 0.3) is 0 Å². The van der Waals surface area contributed by atoms with E-state index in [1.807, 2.05) is 0 Å². The Hall–Kier alpha value is -0.160. The van der Waals surface area contributed by atoms with Gasteiger partial charge in [-0.1, -0.05) is 12.8 Å². The lowest BCUT2D eigenvalue weighted by Crippen LogP contribution is -2.52. The van der Waals surface area contributed by atoms with E-state index in [1.54, 1.807) is 0 Å². The number of aliphatic hydroxyl groups is 1. The van der Waals surface area contributed by atoms with Gasteiger partial charge >= 0.3 is 0 Å². The molecule has 2 saturated heterocycles. The van der Waals surface area contributed by atoms with Crippen molar-refractivity contribution >= 4 is 0 Å². The molecule has 4 nitrogen and oxygen atoms in total. The first-order valence-corrected chi connectivity index (χ1v) is 8.44. The molecule has 0 aromatic heterocycles. The fourth-order valence-corrected chi connectivity index (χ4v) is 3.54. The number of nitrogens with zero attached hydrogens (tertiary/aromatic N) is 2. The molecule has 2 fully saturated rings. The largest absolute Gasteiger partial charge is 0.395 e. The maximum atomic E-state index is 9.04. The SMILES string of the molecule is C[C@H]1CN(CCCCC2CCOCC2)CCN1CCO. The predicted octanol–water partition coefficient (Wildman–Crippen LogP) is 1.58. The number of β-amino-alcohol motifs (C(OH)–C–C–N with tert-alkyl or cyclic N) is 1. The predicted molar refractivity (Wildman–Crippen MR) is 82.0 cm³/mol. The van der Waals surface area contributed by atoms with E-state index >= 15 is 0 Å². The van der Waals surface area contributed by atoms with Gasteiger partial charge in [-0.15, -0.1) is 0 Å². The fraction of sp³-hybridized carbons (Fsp3) is 1.00. The van der Waals surface area contributed by atoms with Crippen LogP contribution < -0.4 is 0 Å². The molecule has 1 atom stereocenters. The summed E-state index contributed by atoms with van der Waals surface area (Å²) in [6.07, 6.45) is 6.65. The minimum Gasteiger partial charge on any atom is -0.395 e. The van der Waals surface area contributed by atoms with Crippen LogP contribution in [0.25, 0.3) is 0 Å². The summed E-state index contributed by atoms with van der Waals surface area (Å²) in [5.41, 5.74) is 0. The van der Waals surface area contributed by atoms with Crippen molar-refractivity contribution in [3.8, 4) is 0 Å². The van der Waals surface area contributed by atoms with Gasteiger partial charge in [-0.3, -0.25) is 4.90 Å². The van der Waals surface area contributed by atoms with Crippen molar-refractivity contribution in [1.29, 1.82) is 0 Å². The summed E-state index contributed by atoms with van der Waals surface area (Å²) in [5.74, 6) is 0.920. The van der Waals surface area contributed by atoms with Crippen LogP contribution in [0.1, 0.15) is 39.0 Å². The van der Waals surface area contributed by atoms with E-state index in [0.29, 0.717) is 6.04 Å². The van der Waals surface area contributed by atoms with Crippen LogP contribution in [0.2, 0.25) is 0 Å². The third-order valence-electron chi connectivity index (χ3n) is 4.91. The fourth-order valence-electron chi connectivity index (χ4n) is 3.54. The highest BCUT2D eigenvalue weighted by atomic mass is 16.5. The standard InChI is InChI=1S/C16H32N2O2/c1-15-14-17(8-9-18(15)10-11-19)7-3-2-4-16-5-12-20-13-6-16/h15-16,19H,2-14H2,1H3/t15-/m0/s1. The molecule has 0 saturated carbocycles. The first-order valence-electron chi connectivity index (χ1n) is 8.44. The van der Waals surface area contributed by atoms with Gasteiger partial charge in [0.15, 0.2) is 0 Å². The average Bonchev–Trinajstić information content (AvgIpc) is 2.48. The van der Waals surface area contributed by atoms with Crippen LogP contribution in [0.3, 0.4) is 0 Å². The van der Waals surface area contributed by atoms with Crippen molar-refractivity contribution in [3.63, 3.8) is 0 Å². The van der Waals surface area contributed by atoms with Crippen LogP contribution in [0, 0.1) is 5.92 Å². The van der Waals surface area contributed by atoms with Gasteiger partial charge in [0.2, 0.25) is 0 Å². The first kappa shape index (κ1) is 16.2. The summed E-state index contributed by atoms with van der Waals surface area (Å²) in [5, 5.41) is 9.04. The molecular formula is C16H32N2O2. The maximum absolute atomic E-state index is 9.04. The Kier molecular flexibility index (Phi) is 7.28. The molecule has 20 heavy (non-hydrogen) atoms. The van der Waals surface area contributed by atoms with E-state index in [1.165, 1.54) is 45.2 Å². The Labute approximate surface area is 124 Å². The molecule has 0 radical (unpaired) electrons. The molecule has 0 unspecified atom stereocenters. The quantitative estimate of drug-likeness (QED) is 0.720. The van der Waals surface area contributed by atoms with Gasteiger partial charge in [-0.2, -0.15) is 0 Å². The molecule has 4 heteroatoms. The van der Waals surface area contributed by atoms with Gasteiger partial charge in [-0.05, 0) is 38.6 Å². The van der Waals surface area contributed by atoms with E-state index in [4.69, 9.17) is 9.84 Å². The number of ether oxygens (including phenoxy) is 1. The Morgan fingerprint density at radius 1 is 1.10 bits per heavy atom. The Balaban J connectivity index is 1.53. The Morgan fingerprint density at radius 2 is 1.90 bits per heavy atom. The van der Waals surface area contributed by atoms with Crippen LogP contribution in [-0.4, -0.2) is 73.5 Å². The molecular weight excluding hydrogens is 252 g/mol.